The Kier molecular flexibility index (Phi) is 4.31. The molecular formula is C12H15ClF3N. The summed E-state index contributed by atoms with van der Waals surface area (Å²) < 4.78 is 38.8. The van der Waals surface area contributed by atoms with Crippen LogP contribution in [0.15, 0.2) is 18.2 Å². The van der Waals surface area contributed by atoms with Gasteiger partial charge in [0.25, 0.3) is 0 Å². The van der Waals surface area contributed by atoms with Crippen LogP contribution in [0.3, 0.4) is 0 Å². The topological polar surface area (TPSA) is 3.24 Å². The summed E-state index contributed by atoms with van der Waals surface area (Å²) in [6.45, 7) is 3.69. The Labute approximate surface area is 104 Å². The molecule has 0 unspecified atom stereocenters. The average molecular weight is 266 g/mol. The van der Waals surface area contributed by atoms with Gasteiger partial charge in [-0.25, -0.2) is 0 Å². The van der Waals surface area contributed by atoms with E-state index in [1.807, 2.05) is 13.8 Å². The molecule has 0 aliphatic carbocycles. The van der Waals surface area contributed by atoms with E-state index < -0.39 is 11.7 Å². The highest BCUT2D eigenvalue weighted by molar-refractivity contribution is 6.17. The van der Waals surface area contributed by atoms with Crippen LogP contribution in [-0.4, -0.2) is 13.1 Å². The van der Waals surface area contributed by atoms with Crippen LogP contribution in [0.1, 0.15) is 25.0 Å². The monoisotopic (exact) mass is 265 g/mol. The zero-order valence-electron chi connectivity index (χ0n) is 9.98. The van der Waals surface area contributed by atoms with Crippen molar-refractivity contribution >= 4 is 17.3 Å². The maximum atomic E-state index is 12.9. The highest BCUT2D eigenvalue weighted by Crippen LogP contribution is 2.37. The van der Waals surface area contributed by atoms with Crippen LogP contribution in [-0.2, 0) is 12.1 Å². The van der Waals surface area contributed by atoms with Gasteiger partial charge in [-0.1, -0.05) is 6.07 Å². The lowest BCUT2D eigenvalue weighted by Crippen LogP contribution is -2.28. The summed E-state index contributed by atoms with van der Waals surface area (Å²) in [4.78, 5) is 1.60. The molecule has 5 heteroatoms. The molecule has 0 heterocycles. The minimum atomic E-state index is -4.36. The van der Waals surface area contributed by atoms with E-state index in [0.29, 0.717) is 5.56 Å². The maximum Gasteiger partial charge on any atom is 0.418 e. The molecule has 1 aromatic carbocycles. The number of benzene rings is 1. The quantitative estimate of drug-likeness (QED) is 0.737. The van der Waals surface area contributed by atoms with Crippen molar-refractivity contribution in [3.63, 3.8) is 0 Å². The van der Waals surface area contributed by atoms with E-state index in [-0.39, 0.29) is 17.6 Å². The molecule has 0 aromatic heterocycles. The second-order valence-corrected chi connectivity index (χ2v) is 4.45. The second-order valence-electron chi connectivity index (χ2n) is 4.19. The largest absolute Gasteiger partial charge is 0.418 e. The van der Waals surface area contributed by atoms with Crippen LogP contribution < -0.4 is 4.90 Å². The Morgan fingerprint density at radius 2 is 1.88 bits per heavy atom. The molecule has 0 fully saturated rings. The molecule has 0 amide bonds. The summed E-state index contributed by atoms with van der Waals surface area (Å²) in [5.41, 5.74) is 0.0214. The minimum Gasteiger partial charge on any atom is -0.372 e. The van der Waals surface area contributed by atoms with Crippen molar-refractivity contribution in [1.82, 2.24) is 0 Å². The van der Waals surface area contributed by atoms with Crippen molar-refractivity contribution in [2.45, 2.75) is 31.9 Å². The Morgan fingerprint density at radius 3 is 2.29 bits per heavy atom. The van der Waals surface area contributed by atoms with Crippen LogP contribution >= 0.6 is 11.6 Å². The highest BCUT2D eigenvalue weighted by atomic mass is 35.5. The van der Waals surface area contributed by atoms with E-state index in [2.05, 4.69) is 0 Å². The molecule has 0 atom stereocenters. The first-order valence-electron chi connectivity index (χ1n) is 5.26. The van der Waals surface area contributed by atoms with Gasteiger partial charge < -0.3 is 4.90 Å². The summed E-state index contributed by atoms with van der Waals surface area (Å²) in [5, 5.41) is 0. The molecule has 0 aliphatic heterocycles. The number of halogens is 4. The Balaban J connectivity index is 3.30. The van der Waals surface area contributed by atoms with E-state index >= 15 is 0 Å². The normalized spacial score (nSPS) is 12.0. The average Bonchev–Trinajstić information content (AvgIpc) is 2.26. The lowest BCUT2D eigenvalue weighted by molar-refractivity contribution is -0.137. The fourth-order valence-electron chi connectivity index (χ4n) is 1.48. The number of anilines is 1. The van der Waals surface area contributed by atoms with Gasteiger partial charge >= 0.3 is 6.18 Å². The predicted octanol–water partition coefficient (Wildman–Crippen LogP) is 4.29. The number of hydrogen-bond acceptors (Lipinski definition) is 1. The van der Waals surface area contributed by atoms with Crippen molar-refractivity contribution in [1.29, 1.82) is 0 Å². The first-order chi connectivity index (χ1) is 7.77. The molecule has 17 heavy (non-hydrogen) atoms. The van der Waals surface area contributed by atoms with Crippen molar-refractivity contribution in [3.05, 3.63) is 29.3 Å². The van der Waals surface area contributed by atoms with Gasteiger partial charge in [0.15, 0.2) is 0 Å². The van der Waals surface area contributed by atoms with Crippen LogP contribution in [0.2, 0.25) is 0 Å². The highest BCUT2D eigenvalue weighted by Gasteiger charge is 2.34. The van der Waals surface area contributed by atoms with Crippen molar-refractivity contribution in [2.75, 3.05) is 11.9 Å². The van der Waals surface area contributed by atoms with Gasteiger partial charge in [0.2, 0.25) is 0 Å². The Hall–Kier alpha value is -0.900. The molecule has 0 spiro atoms. The standard InChI is InChI=1S/C12H15ClF3N/c1-8(2)17(3)11-5-4-9(7-13)6-10(11)12(14,15)16/h4-6,8H,7H2,1-3H3. The van der Waals surface area contributed by atoms with Gasteiger partial charge in [-0.05, 0) is 31.5 Å². The molecule has 0 saturated heterocycles. The van der Waals surface area contributed by atoms with Crippen molar-refractivity contribution in [3.8, 4) is 0 Å². The summed E-state index contributed by atoms with van der Waals surface area (Å²) in [5.74, 6) is 0.0781. The third-order valence-electron chi connectivity index (χ3n) is 2.68. The molecule has 0 radical (unpaired) electrons. The first kappa shape index (κ1) is 14.2. The first-order valence-corrected chi connectivity index (χ1v) is 5.79. The molecule has 1 aromatic rings. The van der Waals surface area contributed by atoms with Gasteiger partial charge in [-0.3, -0.25) is 0 Å². The molecule has 0 saturated carbocycles. The molecule has 1 nitrogen and oxygen atoms in total. The Morgan fingerprint density at radius 1 is 1.29 bits per heavy atom. The fourth-order valence-corrected chi connectivity index (χ4v) is 1.65. The molecule has 1 rings (SSSR count). The molecule has 0 aliphatic rings. The van der Waals surface area contributed by atoms with Gasteiger partial charge in [0, 0.05) is 24.7 Å². The lowest BCUT2D eigenvalue weighted by atomic mass is 10.1. The minimum absolute atomic E-state index is 0.00190. The van der Waals surface area contributed by atoms with Crippen LogP contribution in [0.4, 0.5) is 18.9 Å². The van der Waals surface area contributed by atoms with Gasteiger partial charge in [0.1, 0.15) is 0 Å². The van der Waals surface area contributed by atoms with Gasteiger partial charge in [0.05, 0.1) is 5.56 Å². The van der Waals surface area contributed by atoms with Crippen molar-refractivity contribution < 1.29 is 13.2 Å². The van der Waals surface area contributed by atoms with E-state index in [4.69, 9.17) is 11.6 Å². The second kappa shape index (κ2) is 5.17. The van der Waals surface area contributed by atoms with Crippen LogP contribution in [0, 0.1) is 0 Å². The zero-order chi connectivity index (χ0) is 13.2. The molecular weight excluding hydrogens is 251 g/mol. The zero-order valence-corrected chi connectivity index (χ0v) is 10.7. The number of rotatable bonds is 3. The van der Waals surface area contributed by atoms with E-state index in [1.165, 1.54) is 6.07 Å². The fraction of sp³-hybridized carbons (Fsp3) is 0.500. The third-order valence-corrected chi connectivity index (χ3v) is 2.98. The maximum absolute atomic E-state index is 12.9. The van der Waals surface area contributed by atoms with Crippen LogP contribution in [0.5, 0.6) is 0 Å². The molecule has 96 valence electrons. The van der Waals surface area contributed by atoms with Gasteiger partial charge in [-0.15, -0.1) is 11.6 Å². The summed E-state index contributed by atoms with van der Waals surface area (Å²) in [6, 6.07) is 4.20. The summed E-state index contributed by atoms with van der Waals surface area (Å²) >= 11 is 5.56. The molecule has 0 N–H and O–H groups in total. The summed E-state index contributed by atoms with van der Waals surface area (Å²) in [6.07, 6.45) is -4.36. The van der Waals surface area contributed by atoms with E-state index in [0.717, 1.165) is 6.07 Å². The number of nitrogens with zero attached hydrogens (tertiary/aromatic N) is 1. The third kappa shape index (κ3) is 3.28. The van der Waals surface area contributed by atoms with E-state index in [9.17, 15) is 13.2 Å². The lowest BCUT2D eigenvalue weighted by Gasteiger charge is -2.27. The SMILES string of the molecule is CC(C)N(C)c1ccc(CCl)cc1C(F)(F)F. The van der Waals surface area contributed by atoms with Crippen molar-refractivity contribution in [2.24, 2.45) is 0 Å². The smallest absolute Gasteiger partial charge is 0.372 e. The molecule has 0 bridgehead atoms. The number of hydrogen-bond donors (Lipinski definition) is 0. The van der Waals surface area contributed by atoms with E-state index in [1.54, 1.807) is 18.0 Å². The summed E-state index contributed by atoms with van der Waals surface area (Å²) in [7, 11) is 1.65. The predicted molar refractivity (Wildman–Crippen MR) is 64.5 cm³/mol. The van der Waals surface area contributed by atoms with Gasteiger partial charge in [-0.2, -0.15) is 13.2 Å². The Bertz CT molecular complexity index is 388. The number of alkyl halides is 4. The van der Waals surface area contributed by atoms with Crippen LogP contribution in [0.25, 0.3) is 0 Å².